The number of aromatic amines is 1. The molecule has 2 N–H and O–H groups in total. The van der Waals surface area contributed by atoms with Crippen LogP contribution in [0.3, 0.4) is 0 Å². The van der Waals surface area contributed by atoms with Crippen LogP contribution >= 0.6 is 0 Å². The number of rotatable bonds is 5. The van der Waals surface area contributed by atoms with Crippen molar-refractivity contribution < 1.29 is 13.2 Å². The predicted molar refractivity (Wildman–Crippen MR) is 83.1 cm³/mol. The number of fused-ring (bicyclic) bond motifs is 1. The first kappa shape index (κ1) is 14.6. The number of ether oxygens (including phenoxy) is 1. The van der Waals surface area contributed by atoms with Crippen LogP contribution in [-0.4, -0.2) is 25.5 Å². The smallest absolute Gasteiger partial charge is 0.240 e. The molecule has 0 unspecified atom stereocenters. The molecule has 2 heterocycles. The van der Waals surface area contributed by atoms with E-state index >= 15 is 0 Å². The second-order valence-corrected chi connectivity index (χ2v) is 6.48. The van der Waals surface area contributed by atoms with Crippen molar-refractivity contribution in [2.75, 3.05) is 7.11 Å². The molecule has 0 aliphatic heterocycles. The molecule has 0 saturated carbocycles. The number of H-pyrrole nitrogens is 1. The minimum absolute atomic E-state index is 0.200. The average Bonchev–Trinajstić information content (AvgIpc) is 3.02. The van der Waals surface area contributed by atoms with Crippen LogP contribution in [0.2, 0.25) is 0 Å². The van der Waals surface area contributed by atoms with E-state index in [0.29, 0.717) is 5.75 Å². The molecule has 114 valence electrons. The predicted octanol–water partition coefficient (Wildman–Crippen LogP) is 2.05. The van der Waals surface area contributed by atoms with Gasteiger partial charge < -0.3 is 9.72 Å². The third kappa shape index (κ3) is 2.81. The van der Waals surface area contributed by atoms with E-state index in [9.17, 15) is 8.42 Å². The third-order valence-electron chi connectivity index (χ3n) is 3.37. The zero-order chi connectivity index (χ0) is 15.6. The normalized spacial score (nSPS) is 11.7. The highest BCUT2D eigenvalue weighted by Gasteiger charge is 2.14. The van der Waals surface area contributed by atoms with Crippen molar-refractivity contribution in [2.45, 2.75) is 11.4 Å². The molecule has 0 aliphatic rings. The Morgan fingerprint density at radius 3 is 2.68 bits per heavy atom. The van der Waals surface area contributed by atoms with Gasteiger partial charge in [-0.05, 0) is 42.0 Å². The number of pyridine rings is 1. The maximum atomic E-state index is 12.3. The number of benzene rings is 1. The summed E-state index contributed by atoms with van der Waals surface area (Å²) in [6, 6.07) is 9.93. The summed E-state index contributed by atoms with van der Waals surface area (Å²) in [4.78, 5) is 7.38. The molecular formula is C15H15N3O3S. The van der Waals surface area contributed by atoms with Gasteiger partial charge in [0.2, 0.25) is 10.0 Å². The summed E-state index contributed by atoms with van der Waals surface area (Å²) in [5.74, 6) is 0.613. The first-order chi connectivity index (χ1) is 10.6. The molecule has 0 bridgehead atoms. The summed E-state index contributed by atoms with van der Waals surface area (Å²) in [6.45, 7) is 0.200. The van der Waals surface area contributed by atoms with Crippen molar-refractivity contribution in [3.05, 3.63) is 54.4 Å². The summed E-state index contributed by atoms with van der Waals surface area (Å²) >= 11 is 0. The Kier molecular flexibility index (Phi) is 3.82. The fourth-order valence-corrected chi connectivity index (χ4v) is 3.19. The lowest BCUT2D eigenvalue weighted by Crippen LogP contribution is -2.23. The molecule has 0 saturated heterocycles. The van der Waals surface area contributed by atoms with Gasteiger partial charge in [-0.3, -0.25) is 0 Å². The monoisotopic (exact) mass is 317 g/mol. The molecule has 0 radical (unpaired) electrons. The van der Waals surface area contributed by atoms with Gasteiger partial charge in [-0.15, -0.1) is 0 Å². The van der Waals surface area contributed by atoms with Crippen LogP contribution < -0.4 is 9.46 Å². The Hall–Kier alpha value is -2.38. The van der Waals surface area contributed by atoms with Crippen LogP contribution in [0.4, 0.5) is 0 Å². The van der Waals surface area contributed by atoms with Gasteiger partial charge in [-0.1, -0.05) is 0 Å². The van der Waals surface area contributed by atoms with Crippen LogP contribution in [0.1, 0.15) is 5.56 Å². The van der Waals surface area contributed by atoms with Gasteiger partial charge in [-0.2, -0.15) is 0 Å². The standard InChI is InChI=1S/C15H15N3O3S/c1-21-12-2-4-13(5-3-12)22(19,20)18-10-11-6-8-16-15-14(11)7-9-17-15/h2-9,18H,10H2,1H3,(H,16,17). The van der Waals surface area contributed by atoms with Crippen LogP contribution in [0.25, 0.3) is 11.0 Å². The second kappa shape index (κ2) is 5.78. The highest BCUT2D eigenvalue weighted by atomic mass is 32.2. The van der Waals surface area contributed by atoms with Gasteiger partial charge in [0, 0.05) is 24.3 Å². The first-order valence-electron chi connectivity index (χ1n) is 6.65. The van der Waals surface area contributed by atoms with Gasteiger partial charge in [0.1, 0.15) is 11.4 Å². The zero-order valence-electron chi connectivity index (χ0n) is 11.9. The van der Waals surface area contributed by atoms with E-state index in [1.54, 1.807) is 30.6 Å². The summed E-state index contributed by atoms with van der Waals surface area (Å²) in [7, 11) is -2.04. The highest BCUT2D eigenvalue weighted by molar-refractivity contribution is 7.89. The van der Waals surface area contributed by atoms with Gasteiger partial charge in [0.15, 0.2) is 0 Å². The Labute approximate surface area is 128 Å². The van der Waals surface area contributed by atoms with Gasteiger partial charge in [0.05, 0.1) is 12.0 Å². The number of nitrogens with zero attached hydrogens (tertiary/aromatic N) is 1. The summed E-state index contributed by atoms with van der Waals surface area (Å²) < 4.78 is 32.2. The van der Waals surface area contributed by atoms with Crippen molar-refractivity contribution in [2.24, 2.45) is 0 Å². The van der Waals surface area contributed by atoms with Crippen LogP contribution in [0.5, 0.6) is 5.75 Å². The van der Waals surface area contributed by atoms with Crippen LogP contribution in [0.15, 0.2) is 53.7 Å². The minimum Gasteiger partial charge on any atom is -0.497 e. The molecule has 0 spiro atoms. The molecule has 0 aliphatic carbocycles. The summed E-state index contributed by atoms with van der Waals surface area (Å²) in [6.07, 6.45) is 3.43. The van der Waals surface area contributed by atoms with Crippen molar-refractivity contribution in [3.8, 4) is 5.75 Å². The number of methoxy groups -OCH3 is 1. The number of aromatic nitrogens is 2. The Morgan fingerprint density at radius 2 is 1.95 bits per heavy atom. The molecule has 3 aromatic rings. The lowest BCUT2D eigenvalue weighted by Gasteiger charge is -2.08. The van der Waals surface area contributed by atoms with Crippen LogP contribution in [0, 0.1) is 0 Å². The van der Waals surface area contributed by atoms with E-state index in [4.69, 9.17) is 4.74 Å². The van der Waals surface area contributed by atoms with E-state index in [1.165, 1.54) is 19.2 Å². The van der Waals surface area contributed by atoms with Gasteiger partial charge in [-0.25, -0.2) is 18.1 Å². The SMILES string of the molecule is COc1ccc(S(=O)(=O)NCc2ccnc3[nH]ccc23)cc1. The van der Waals surface area contributed by atoms with Crippen molar-refractivity contribution in [3.63, 3.8) is 0 Å². The lowest BCUT2D eigenvalue weighted by atomic mass is 10.2. The van der Waals surface area contributed by atoms with E-state index in [1.807, 2.05) is 6.07 Å². The molecule has 0 fully saturated rings. The molecule has 0 amide bonds. The van der Waals surface area contributed by atoms with E-state index in [0.717, 1.165) is 16.6 Å². The number of hydrogen-bond acceptors (Lipinski definition) is 4. The Bertz CT molecular complexity index is 886. The van der Waals surface area contributed by atoms with Crippen molar-refractivity contribution in [1.82, 2.24) is 14.7 Å². The topological polar surface area (TPSA) is 84.1 Å². The van der Waals surface area contributed by atoms with Crippen molar-refractivity contribution in [1.29, 1.82) is 0 Å². The minimum atomic E-state index is -3.57. The molecule has 0 atom stereocenters. The number of nitrogens with one attached hydrogen (secondary N) is 2. The largest absolute Gasteiger partial charge is 0.497 e. The molecule has 6 nitrogen and oxygen atoms in total. The molecule has 3 rings (SSSR count). The van der Waals surface area contributed by atoms with Crippen LogP contribution in [-0.2, 0) is 16.6 Å². The van der Waals surface area contributed by atoms with E-state index < -0.39 is 10.0 Å². The molecule has 1 aromatic carbocycles. The van der Waals surface area contributed by atoms with Gasteiger partial charge in [0.25, 0.3) is 0 Å². The van der Waals surface area contributed by atoms with E-state index in [2.05, 4.69) is 14.7 Å². The first-order valence-corrected chi connectivity index (χ1v) is 8.13. The third-order valence-corrected chi connectivity index (χ3v) is 4.79. The Morgan fingerprint density at radius 1 is 1.18 bits per heavy atom. The van der Waals surface area contributed by atoms with E-state index in [-0.39, 0.29) is 11.4 Å². The fourth-order valence-electron chi connectivity index (χ4n) is 2.18. The number of sulfonamides is 1. The maximum absolute atomic E-state index is 12.3. The average molecular weight is 317 g/mol. The molecule has 2 aromatic heterocycles. The number of hydrogen-bond donors (Lipinski definition) is 2. The second-order valence-electron chi connectivity index (χ2n) is 4.71. The fraction of sp³-hybridized carbons (Fsp3) is 0.133. The molecule has 7 heteroatoms. The van der Waals surface area contributed by atoms with Gasteiger partial charge >= 0.3 is 0 Å². The quantitative estimate of drug-likeness (QED) is 0.754. The Balaban J connectivity index is 1.81. The molecule has 22 heavy (non-hydrogen) atoms. The molecular weight excluding hydrogens is 302 g/mol. The highest BCUT2D eigenvalue weighted by Crippen LogP contribution is 2.18. The zero-order valence-corrected chi connectivity index (χ0v) is 12.7. The summed E-state index contributed by atoms with van der Waals surface area (Å²) in [5, 5.41) is 0.903. The lowest BCUT2D eigenvalue weighted by molar-refractivity contribution is 0.414. The summed E-state index contributed by atoms with van der Waals surface area (Å²) in [5.41, 5.74) is 1.60. The maximum Gasteiger partial charge on any atom is 0.240 e. The van der Waals surface area contributed by atoms with Crippen molar-refractivity contribution >= 4 is 21.1 Å².